The van der Waals surface area contributed by atoms with Gasteiger partial charge in [0.15, 0.2) is 5.16 Å². The SMILES string of the molecule is CCOC(=O)C(CS)NC(=O)CSc1ncc(Br)n1-c1ccc(C#N)c2ccccc12. The number of benzene rings is 2. The molecule has 1 aromatic heterocycles. The average Bonchev–Trinajstić information content (AvgIpc) is 3.15. The van der Waals surface area contributed by atoms with E-state index in [9.17, 15) is 14.9 Å². The van der Waals surface area contributed by atoms with Gasteiger partial charge in [-0.15, -0.1) is 0 Å². The van der Waals surface area contributed by atoms with Gasteiger partial charge >= 0.3 is 5.97 Å². The first-order valence-corrected chi connectivity index (χ1v) is 11.8. The topological polar surface area (TPSA) is 97.0 Å². The highest BCUT2D eigenvalue weighted by Gasteiger charge is 2.21. The summed E-state index contributed by atoms with van der Waals surface area (Å²) in [5.41, 5.74) is 1.42. The third kappa shape index (κ3) is 5.23. The van der Waals surface area contributed by atoms with Crippen molar-refractivity contribution in [1.82, 2.24) is 14.9 Å². The number of esters is 1. The fourth-order valence-electron chi connectivity index (χ4n) is 3.00. The lowest BCUT2D eigenvalue weighted by molar-refractivity contribution is -0.146. The first-order valence-electron chi connectivity index (χ1n) is 9.35. The molecule has 0 radical (unpaired) electrons. The number of thiol groups is 1. The molecule has 10 heteroatoms. The Morgan fingerprint density at radius 3 is 2.74 bits per heavy atom. The van der Waals surface area contributed by atoms with Gasteiger partial charge in [0.25, 0.3) is 0 Å². The van der Waals surface area contributed by atoms with E-state index in [2.05, 4.69) is 44.9 Å². The van der Waals surface area contributed by atoms with E-state index >= 15 is 0 Å². The van der Waals surface area contributed by atoms with Gasteiger partial charge in [-0.25, -0.2) is 9.78 Å². The van der Waals surface area contributed by atoms with E-state index in [1.807, 2.05) is 34.9 Å². The van der Waals surface area contributed by atoms with Crippen molar-refractivity contribution in [3.63, 3.8) is 0 Å². The van der Waals surface area contributed by atoms with Crippen molar-refractivity contribution in [3.8, 4) is 11.8 Å². The number of rotatable bonds is 8. The molecular weight excluding hydrogens is 500 g/mol. The van der Waals surface area contributed by atoms with Crippen molar-refractivity contribution in [2.75, 3.05) is 18.1 Å². The van der Waals surface area contributed by atoms with Crippen LogP contribution in [0.2, 0.25) is 0 Å². The molecule has 1 heterocycles. The van der Waals surface area contributed by atoms with E-state index in [-0.39, 0.29) is 24.0 Å². The fourth-order valence-corrected chi connectivity index (χ4v) is 4.61. The van der Waals surface area contributed by atoms with Crippen molar-refractivity contribution in [2.45, 2.75) is 18.1 Å². The molecule has 7 nitrogen and oxygen atoms in total. The number of hydrogen-bond acceptors (Lipinski definition) is 7. The number of hydrogen-bond donors (Lipinski definition) is 2. The maximum atomic E-state index is 12.4. The van der Waals surface area contributed by atoms with Crippen LogP contribution in [0, 0.1) is 11.3 Å². The molecule has 3 rings (SSSR count). The van der Waals surface area contributed by atoms with Crippen LogP contribution in [0.3, 0.4) is 0 Å². The molecule has 0 spiro atoms. The summed E-state index contributed by atoms with van der Waals surface area (Å²) in [4.78, 5) is 28.7. The minimum absolute atomic E-state index is 0.0569. The summed E-state index contributed by atoms with van der Waals surface area (Å²) in [5, 5.41) is 14.4. The van der Waals surface area contributed by atoms with E-state index in [0.717, 1.165) is 16.5 Å². The van der Waals surface area contributed by atoms with Crippen LogP contribution >= 0.6 is 40.3 Å². The normalized spacial score (nSPS) is 11.7. The molecule has 1 N–H and O–H groups in total. The maximum absolute atomic E-state index is 12.4. The summed E-state index contributed by atoms with van der Waals surface area (Å²) in [6, 6.07) is 12.7. The van der Waals surface area contributed by atoms with Gasteiger partial charge < -0.3 is 10.1 Å². The van der Waals surface area contributed by atoms with E-state index in [4.69, 9.17) is 4.74 Å². The Morgan fingerprint density at radius 1 is 1.32 bits per heavy atom. The van der Waals surface area contributed by atoms with Crippen LogP contribution in [-0.2, 0) is 14.3 Å². The second kappa shape index (κ2) is 10.7. The van der Waals surface area contributed by atoms with Crippen LogP contribution in [0.1, 0.15) is 12.5 Å². The highest BCUT2D eigenvalue weighted by Crippen LogP contribution is 2.32. The van der Waals surface area contributed by atoms with Gasteiger partial charge in [-0.1, -0.05) is 36.0 Å². The number of nitriles is 1. The summed E-state index contributed by atoms with van der Waals surface area (Å²) in [6.07, 6.45) is 1.66. The third-order valence-electron chi connectivity index (χ3n) is 4.37. The Kier molecular flexibility index (Phi) is 8.01. The zero-order valence-corrected chi connectivity index (χ0v) is 19.8. The van der Waals surface area contributed by atoms with E-state index in [0.29, 0.717) is 15.3 Å². The van der Waals surface area contributed by atoms with Crippen LogP contribution in [0.4, 0.5) is 0 Å². The molecule has 0 fully saturated rings. The van der Waals surface area contributed by atoms with E-state index in [1.54, 1.807) is 19.2 Å². The fraction of sp³-hybridized carbons (Fsp3) is 0.238. The van der Waals surface area contributed by atoms with Crippen molar-refractivity contribution in [2.24, 2.45) is 0 Å². The second-order valence-corrected chi connectivity index (χ2v) is 8.45. The first-order chi connectivity index (χ1) is 15.0. The lowest BCUT2D eigenvalue weighted by atomic mass is 10.0. The number of halogens is 1. The minimum Gasteiger partial charge on any atom is -0.464 e. The smallest absolute Gasteiger partial charge is 0.329 e. The molecule has 0 saturated heterocycles. The number of nitrogens with one attached hydrogen (secondary N) is 1. The van der Waals surface area contributed by atoms with Crippen LogP contribution in [0.25, 0.3) is 16.5 Å². The zero-order valence-electron chi connectivity index (χ0n) is 16.5. The molecule has 0 aliphatic carbocycles. The molecule has 2 aromatic carbocycles. The van der Waals surface area contributed by atoms with Crippen LogP contribution in [0.15, 0.2) is 52.4 Å². The highest BCUT2D eigenvalue weighted by molar-refractivity contribution is 9.10. The molecule has 0 bridgehead atoms. The van der Waals surface area contributed by atoms with Crippen LogP contribution in [-0.4, -0.2) is 45.6 Å². The summed E-state index contributed by atoms with van der Waals surface area (Å²) in [5.74, 6) is -0.634. The van der Waals surface area contributed by atoms with Gasteiger partial charge in [0.1, 0.15) is 10.6 Å². The Balaban J connectivity index is 1.83. The number of imidazole rings is 1. The van der Waals surface area contributed by atoms with Gasteiger partial charge in [-0.2, -0.15) is 17.9 Å². The molecule has 0 aliphatic rings. The van der Waals surface area contributed by atoms with E-state index in [1.165, 1.54) is 11.8 Å². The quantitative estimate of drug-likeness (QED) is 0.268. The number of aromatic nitrogens is 2. The van der Waals surface area contributed by atoms with Crippen molar-refractivity contribution in [3.05, 3.63) is 52.8 Å². The van der Waals surface area contributed by atoms with Gasteiger partial charge in [0, 0.05) is 16.5 Å². The molecule has 3 aromatic rings. The molecule has 160 valence electrons. The molecule has 0 aliphatic heterocycles. The van der Waals surface area contributed by atoms with Crippen molar-refractivity contribution >= 4 is 63.0 Å². The summed E-state index contributed by atoms with van der Waals surface area (Å²) in [6.45, 7) is 1.94. The van der Waals surface area contributed by atoms with Gasteiger partial charge in [0.05, 0.1) is 35.9 Å². The lowest BCUT2D eigenvalue weighted by Crippen LogP contribution is -2.44. The predicted molar refractivity (Wildman–Crippen MR) is 127 cm³/mol. The number of carbonyl (C=O) groups is 2. The monoisotopic (exact) mass is 518 g/mol. The number of ether oxygens (including phenoxy) is 1. The number of amides is 1. The lowest BCUT2D eigenvalue weighted by Gasteiger charge is -2.15. The standard InChI is InChI=1S/C21H19BrN4O3S2/c1-2-29-20(28)16(11-30)25-19(27)12-31-21-24-10-18(22)26(21)17-8-7-13(9-23)14-5-3-4-6-15(14)17/h3-8,10,16,30H,2,11-12H2,1H3,(H,25,27). The Hall–Kier alpha value is -2.48. The van der Waals surface area contributed by atoms with Crippen molar-refractivity contribution in [1.29, 1.82) is 5.26 Å². The number of fused-ring (bicyclic) bond motifs is 1. The number of carbonyl (C=O) groups excluding carboxylic acids is 2. The Labute approximate surface area is 197 Å². The van der Waals surface area contributed by atoms with Crippen LogP contribution < -0.4 is 5.32 Å². The zero-order chi connectivity index (χ0) is 22.4. The Morgan fingerprint density at radius 2 is 2.06 bits per heavy atom. The van der Waals surface area contributed by atoms with E-state index < -0.39 is 12.0 Å². The average molecular weight is 519 g/mol. The molecule has 31 heavy (non-hydrogen) atoms. The molecule has 1 amide bonds. The molecule has 0 saturated carbocycles. The minimum atomic E-state index is -0.801. The molecule has 1 atom stereocenters. The predicted octanol–water partition coefficient (Wildman–Crippen LogP) is 3.73. The second-order valence-electron chi connectivity index (χ2n) is 6.33. The molecule has 1 unspecified atom stereocenters. The first kappa shape index (κ1) is 23.2. The van der Waals surface area contributed by atoms with Gasteiger partial charge in [0.2, 0.25) is 5.91 Å². The highest BCUT2D eigenvalue weighted by atomic mass is 79.9. The Bertz CT molecular complexity index is 1160. The van der Waals surface area contributed by atoms with Crippen LogP contribution in [0.5, 0.6) is 0 Å². The van der Waals surface area contributed by atoms with Gasteiger partial charge in [-0.05, 0) is 35.0 Å². The maximum Gasteiger partial charge on any atom is 0.329 e. The third-order valence-corrected chi connectivity index (χ3v) is 6.25. The largest absolute Gasteiger partial charge is 0.464 e. The number of nitrogens with zero attached hydrogens (tertiary/aromatic N) is 3. The summed E-state index contributed by atoms with van der Waals surface area (Å²) >= 11 is 8.87. The molecular formula is C21H19BrN4O3S2. The number of thioether (sulfide) groups is 1. The van der Waals surface area contributed by atoms with Crippen molar-refractivity contribution < 1.29 is 14.3 Å². The summed E-state index contributed by atoms with van der Waals surface area (Å²) < 4.78 is 7.53. The summed E-state index contributed by atoms with van der Waals surface area (Å²) in [7, 11) is 0. The van der Waals surface area contributed by atoms with Gasteiger partial charge in [-0.3, -0.25) is 9.36 Å².